The molecule has 1 amide bonds. The van der Waals surface area contributed by atoms with E-state index < -0.39 is 22.3 Å². The molecule has 0 radical (unpaired) electrons. The van der Waals surface area contributed by atoms with Crippen LogP contribution in [0.4, 0.5) is 15.8 Å². The molecule has 0 saturated carbocycles. The number of anilines is 1. The molecular formula is C14H20FN3O3. The highest BCUT2D eigenvalue weighted by Gasteiger charge is 2.23. The van der Waals surface area contributed by atoms with Gasteiger partial charge in [-0.2, -0.15) is 0 Å². The zero-order valence-corrected chi connectivity index (χ0v) is 12.4. The second-order valence-corrected chi connectivity index (χ2v) is 5.08. The van der Waals surface area contributed by atoms with Crippen LogP contribution in [0, 0.1) is 21.8 Å². The van der Waals surface area contributed by atoms with Crippen molar-refractivity contribution in [3.63, 3.8) is 0 Å². The van der Waals surface area contributed by atoms with Gasteiger partial charge in [-0.3, -0.25) is 14.9 Å². The number of nitrogens with one attached hydrogen (secondary N) is 2. The van der Waals surface area contributed by atoms with Gasteiger partial charge in [-0.05, 0) is 25.3 Å². The summed E-state index contributed by atoms with van der Waals surface area (Å²) in [7, 11) is 0. The molecule has 6 nitrogen and oxygen atoms in total. The maximum atomic E-state index is 13.7. The van der Waals surface area contributed by atoms with Crippen molar-refractivity contribution >= 4 is 17.3 Å². The fourth-order valence-electron chi connectivity index (χ4n) is 1.79. The van der Waals surface area contributed by atoms with Crippen LogP contribution in [0.5, 0.6) is 0 Å². The lowest BCUT2D eigenvalue weighted by molar-refractivity contribution is -0.385. The zero-order chi connectivity index (χ0) is 16.0. The van der Waals surface area contributed by atoms with E-state index in [9.17, 15) is 19.3 Å². The molecule has 0 aromatic heterocycles. The van der Waals surface area contributed by atoms with Crippen LogP contribution in [-0.4, -0.2) is 23.9 Å². The summed E-state index contributed by atoms with van der Waals surface area (Å²) in [6.07, 6.45) is 0.765. The molecule has 2 N–H and O–H groups in total. The lowest BCUT2D eigenvalue weighted by Crippen LogP contribution is -2.26. The molecule has 0 aliphatic rings. The SMILES string of the molecule is CCNc1cc(C(=O)NCCC(C)C)c([N+](=O)[O-])cc1F. The Morgan fingerprint density at radius 2 is 2.10 bits per heavy atom. The van der Waals surface area contributed by atoms with Crippen molar-refractivity contribution in [3.8, 4) is 0 Å². The number of carbonyl (C=O) groups excluding carboxylic acids is 1. The van der Waals surface area contributed by atoms with Crippen LogP contribution in [0.2, 0.25) is 0 Å². The third-order valence-corrected chi connectivity index (χ3v) is 2.90. The average Bonchev–Trinajstić information content (AvgIpc) is 2.40. The van der Waals surface area contributed by atoms with Crippen LogP contribution >= 0.6 is 0 Å². The Hall–Kier alpha value is -2.18. The number of nitro benzene ring substituents is 1. The predicted molar refractivity (Wildman–Crippen MR) is 79.0 cm³/mol. The molecular weight excluding hydrogens is 277 g/mol. The monoisotopic (exact) mass is 297 g/mol. The largest absolute Gasteiger partial charge is 0.383 e. The number of nitrogens with zero attached hydrogens (tertiary/aromatic N) is 1. The number of hydrogen-bond acceptors (Lipinski definition) is 4. The summed E-state index contributed by atoms with van der Waals surface area (Å²) in [5.41, 5.74) is -0.589. The van der Waals surface area contributed by atoms with Crippen LogP contribution < -0.4 is 10.6 Å². The Bertz CT molecular complexity index is 532. The van der Waals surface area contributed by atoms with Crippen LogP contribution in [0.25, 0.3) is 0 Å². The highest BCUT2D eigenvalue weighted by molar-refractivity contribution is 5.99. The minimum absolute atomic E-state index is 0.0807. The van der Waals surface area contributed by atoms with Crippen LogP contribution in [-0.2, 0) is 0 Å². The Morgan fingerprint density at radius 3 is 2.62 bits per heavy atom. The summed E-state index contributed by atoms with van der Waals surface area (Å²) in [6, 6.07) is 1.96. The van der Waals surface area contributed by atoms with Crippen LogP contribution in [0.3, 0.4) is 0 Å². The molecule has 1 rings (SSSR count). The van der Waals surface area contributed by atoms with Gasteiger partial charge in [0.2, 0.25) is 0 Å². The van der Waals surface area contributed by atoms with Gasteiger partial charge in [0.15, 0.2) is 5.82 Å². The Balaban J connectivity index is 3.04. The number of rotatable bonds is 7. The molecule has 0 unspecified atom stereocenters. The predicted octanol–water partition coefficient (Wildman–Crippen LogP) is 2.94. The first-order valence-corrected chi connectivity index (χ1v) is 6.86. The van der Waals surface area contributed by atoms with E-state index in [4.69, 9.17) is 0 Å². The van der Waals surface area contributed by atoms with E-state index in [-0.39, 0.29) is 11.3 Å². The quantitative estimate of drug-likeness (QED) is 0.598. The molecule has 116 valence electrons. The van der Waals surface area contributed by atoms with Crippen molar-refractivity contribution in [2.45, 2.75) is 27.2 Å². The van der Waals surface area contributed by atoms with Gasteiger partial charge in [-0.25, -0.2) is 4.39 Å². The summed E-state index contributed by atoms with van der Waals surface area (Å²) >= 11 is 0. The minimum Gasteiger partial charge on any atom is -0.383 e. The van der Waals surface area contributed by atoms with Crippen molar-refractivity contribution in [2.75, 3.05) is 18.4 Å². The van der Waals surface area contributed by atoms with E-state index in [1.54, 1.807) is 6.92 Å². The number of halogens is 1. The van der Waals surface area contributed by atoms with Crippen molar-refractivity contribution in [2.24, 2.45) is 5.92 Å². The second-order valence-electron chi connectivity index (χ2n) is 5.08. The molecule has 0 bridgehead atoms. The standard InChI is InChI=1S/C14H20FN3O3/c1-4-16-12-7-10(13(18(20)21)8-11(12)15)14(19)17-6-5-9(2)3/h7-9,16H,4-6H2,1-3H3,(H,17,19). The molecule has 0 heterocycles. The Morgan fingerprint density at radius 1 is 1.43 bits per heavy atom. The summed E-state index contributed by atoms with van der Waals surface area (Å²) in [5.74, 6) is -0.908. The van der Waals surface area contributed by atoms with Crippen molar-refractivity contribution in [1.82, 2.24) is 5.32 Å². The highest BCUT2D eigenvalue weighted by atomic mass is 19.1. The van der Waals surface area contributed by atoms with Crippen molar-refractivity contribution in [3.05, 3.63) is 33.6 Å². The number of carbonyl (C=O) groups is 1. The van der Waals surface area contributed by atoms with Gasteiger partial charge in [0.25, 0.3) is 11.6 Å². The number of amides is 1. The van der Waals surface area contributed by atoms with E-state index in [0.29, 0.717) is 19.0 Å². The first-order chi connectivity index (χ1) is 9.86. The van der Waals surface area contributed by atoms with E-state index in [1.807, 2.05) is 13.8 Å². The molecule has 7 heteroatoms. The molecule has 0 aliphatic carbocycles. The normalized spacial score (nSPS) is 10.5. The number of hydrogen-bond donors (Lipinski definition) is 2. The summed E-state index contributed by atoms with van der Waals surface area (Å²) in [5, 5.41) is 16.3. The lowest BCUT2D eigenvalue weighted by atomic mass is 10.1. The van der Waals surface area contributed by atoms with Gasteiger partial charge >= 0.3 is 0 Å². The van der Waals surface area contributed by atoms with E-state index in [2.05, 4.69) is 10.6 Å². The Labute approximate surface area is 122 Å². The smallest absolute Gasteiger partial charge is 0.285 e. The fraction of sp³-hybridized carbons (Fsp3) is 0.500. The Kier molecular flexibility index (Phi) is 6.08. The van der Waals surface area contributed by atoms with Gasteiger partial charge in [0.1, 0.15) is 5.56 Å². The van der Waals surface area contributed by atoms with Gasteiger partial charge in [0.05, 0.1) is 16.7 Å². The third-order valence-electron chi connectivity index (χ3n) is 2.90. The highest BCUT2D eigenvalue weighted by Crippen LogP contribution is 2.26. The maximum Gasteiger partial charge on any atom is 0.285 e. The maximum absolute atomic E-state index is 13.7. The summed E-state index contributed by atoms with van der Waals surface area (Å²) < 4.78 is 13.7. The van der Waals surface area contributed by atoms with Gasteiger partial charge in [-0.15, -0.1) is 0 Å². The molecule has 0 saturated heterocycles. The molecule has 21 heavy (non-hydrogen) atoms. The van der Waals surface area contributed by atoms with Crippen molar-refractivity contribution in [1.29, 1.82) is 0 Å². The molecule has 0 spiro atoms. The number of nitro groups is 1. The lowest BCUT2D eigenvalue weighted by Gasteiger charge is -2.10. The minimum atomic E-state index is -0.754. The molecule has 1 aromatic carbocycles. The van der Waals surface area contributed by atoms with Crippen LogP contribution in [0.15, 0.2) is 12.1 Å². The van der Waals surface area contributed by atoms with Gasteiger partial charge in [-0.1, -0.05) is 13.8 Å². The fourth-order valence-corrected chi connectivity index (χ4v) is 1.79. The van der Waals surface area contributed by atoms with Crippen molar-refractivity contribution < 1.29 is 14.1 Å². The average molecular weight is 297 g/mol. The molecule has 0 atom stereocenters. The van der Waals surface area contributed by atoms with E-state index >= 15 is 0 Å². The molecule has 0 fully saturated rings. The summed E-state index contributed by atoms with van der Waals surface area (Å²) in [6.45, 7) is 6.65. The number of benzene rings is 1. The molecule has 0 aliphatic heterocycles. The molecule has 1 aromatic rings. The van der Waals surface area contributed by atoms with Gasteiger partial charge in [0, 0.05) is 13.1 Å². The third kappa shape index (κ3) is 4.70. The van der Waals surface area contributed by atoms with Gasteiger partial charge < -0.3 is 10.6 Å². The van der Waals surface area contributed by atoms with E-state index in [0.717, 1.165) is 12.5 Å². The first kappa shape index (κ1) is 16.9. The second kappa shape index (κ2) is 7.56. The summed E-state index contributed by atoms with van der Waals surface area (Å²) in [4.78, 5) is 22.3. The van der Waals surface area contributed by atoms with Crippen LogP contribution in [0.1, 0.15) is 37.6 Å². The first-order valence-electron chi connectivity index (χ1n) is 6.86. The van der Waals surface area contributed by atoms with E-state index in [1.165, 1.54) is 6.07 Å². The zero-order valence-electron chi connectivity index (χ0n) is 12.4. The topological polar surface area (TPSA) is 84.3 Å².